The largest absolute Gasteiger partial charge is 0.394 e. The van der Waals surface area contributed by atoms with Crippen LogP contribution in [0, 0.1) is 11.8 Å². The van der Waals surface area contributed by atoms with E-state index in [0.29, 0.717) is 11.3 Å². The first-order valence-electron chi connectivity index (χ1n) is 10.5. The number of benzene rings is 1. The molecule has 1 aromatic heterocycles. The van der Waals surface area contributed by atoms with Crippen molar-refractivity contribution in [2.24, 2.45) is 11.8 Å². The molecule has 9 heteroatoms. The lowest BCUT2D eigenvalue weighted by atomic mass is 9.96. The molecule has 0 radical (unpaired) electrons. The fourth-order valence-electron chi connectivity index (χ4n) is 3.75. The Hall–Kier alpha value is -2.91. The number of β-amino-alcohol motifs (C(OH)–C–C–N with tert-alkyl or cyclic N) is 1. The second-order valence-corrected chi connectivity index (χ2v) is 8.40. The van der Waals surface area contributed by atoms with Crippen LogP contribution in [0.15, 0.2) is 41.5 Å². The van der Waals surface area contributed by atoms with Gasteiger partial charge in [-0.15, -0.1) is 0 Å². The topological polar surface area (TPSA) is 128 Å². The van der Waals surface area contributed by atoms with E-state index < -0.39 is 24.1 Å². The van der Waals surface area contributed by atoms with E-state index in [0.717, 1.165) is 0 Å². The van der Waals surface area contributed by atoms with Crippen molar-refractivity contribution in [2.75, 3.05) is 13.2 Å². The van der Waals surface area contributed by atoms with E-state index in [1.807, 2.05) is 20.8 Å². The molecule has 31 heavy (non-hydrogen) atoms. The van der Waals surface area contributed by atoms with Gasteiger partial charge >= 0.3 is 5.69 Å². The molecule has 1 aliphatic heterocycles. The summed E-state index contributed by atoms with van der Waals surface area (Å²) in [4.78, 5) is 41.5. The Labute approximate surface area is 180 Å². The highest BCUT2D eigenvalue weighted by Crippen LogP contribution is 2.24. The first-order valence-corrected chi connectivity index (χ1v) is 10.5. The second kappa shape index (κ2) is 9.49. The standard InChI is InChI=1S/C22H30N4O5/c1-13(2)14(3)21(30)26-11-17(28)10-19(26)20(29)24-18(12-27)15-4-6-16(7-5-15)25-9-8-23-22(25)31/h4-9,13-14,17-19,27-28H,10-12H2,1-3H3,(H,23,31)(H,24,29). The summed E-state index contributed by atoms with van der Waals surface area (Å²) in [5.74, 6) is -0.719. The molecule has 2 aromatic rings. The van der Waals surface area contributed by atoms with Crippen molar-refractivity contribution < 1.29 is 19.8 Å². The summed E-state index contributed by atoms with van der Waals surface area (Å²) in [7, 11) is 0. The minimum Gasteiger partial charge on any atom is -0.394 e. The van der Waals surface area contributed by atoms with E-state index in [1.54, 1.807) is 30.5 Å². The van der Waals surface area contributed by atoms with Gasteiger partial charge in [-0.3, -0.25) is 14.2 Å². The molecule has 0 saturated carbocycles. The Bertz CT molecular complexity index is 965. The molecule has 1 aliphatic rings. The van der Waals surface area contributed by atoms with E-state index in [1.165, 1.54) is 15.7 Å². The van der Waals surface area contributed by atoms with Crippen LogP contribution in [0.25, 0.3) is 5.69 Å². The predicted molar refractivity (Wildman–Crippen MR) is 114 cm³/mol. The van der Waals surface area contributed by atoms with Crippen LogP contribution in [0.4, 0.5) is 0 Å². The number of imidazole rings is 1. The molecule has 3 rings (SSSR count). The molecule has 0 aliphatic carbocycles. The van der Waals surface area contributed by atoms with Gasteiger partial charge in [0.05, 0.1) is 24.4 Å². The zero-order valence-corrected chi connectivity index (χ0v) is 18.0. The van der Waals surface area contributed by atoms with Gasteiger partial charge in [0.25, 0.3) is 0 Å². The van der Waals surface area contributed by atoms with Crippen LogP contribution in [-0.2, 0) is 9.59 Å². The maximum atomic E-state index is 13.0. The summed E-state index contributed by atoms with van der Waals surface area (Å²) in [5, 5.41) is 22.7. The van der Waals surface area contributed by atoms with E-state index in [2.05, 4.69) is 10.3 Å². The molecule has 0 bridgehead atoms. The maximum Gasteiger partial charge on any atom is 0.330 e. The Morgan fingerprint density at radius 3 is 2.45 bits per heavy atom. The van der Waals surface area contributed by atoms with E-state index >= 15 is 0 Å². The van der Waals surface area contributed by atoms with Crippen molar-refractivity contribution in [3.63, 3.8) is 0 Å². The first kappa shape index (κ1) is 22.8. The van der Waals surface area contributed by atoms with Gasteiger partial charge in [-0.05, 0) is 23.6 Å². The second-order valence-electron chi connectivity index (χ2n) is 8.40. The number of aromatic nitrogens is 2. The fraction of sp³-hybridized carbons (Fsp3) is 0.500. The van der Waals surface area contributed by atoms with Crippen molar-refractivity contribution in [2.45, 2.75) is 45.4 Å². The molecule has 4 N–H and O–H groups in total. The summed E-state index contributed by atoms with van der Waals surface area (Å²) < 4.78 is 1.44. The first-order chi connectivity index (χ1) is 14.7. The lowest BCUT2D eigenvalue weighted by Crippen LogP contribution is -2.49. The van der Waals surface area contributed by atoms with E-state index in [9.17, 15) is 24.6 Å². The number of aliphatic hydroxyl groups excluding tert-OH is 2. The van der Waals surface area contributed by atoms with Crippen molar-refractivity contribution in [3.8, 4) is 5.69 Å². The van der Waals surface area contributed by atoms with Gasteiger partial charge in [-0.1, -0.05) is 32.9 Å². The average Bonchev–Trinajstić information content (AvgIpc) is 3.36. The average molecular weight is 431 g/mol. The van der Waals surface area contributed by atoms with Crippen molar-refractivity contribution in [3.05, 3.63) is 52.7 Å². The molecule has 9 nitrogen and oxygen atoms in total. The summed E-state index contributed by atoms with van der Waals surface area (Å²) in [5.41, 5.74) is 1.05. The smallest absolute Gasteiger partial charge is 0.330 e. The molecule has 2 amide bonds. The Kier molecular flexibility index (Phi) is 6.97. The number of nitrogens with one attached hydrogen (secondary N) is 2. The normalized spacial score (nSPS) is 20.6. The molecule has 1 saturated heterocycles. The van der Waals surface area contributed by atoms with E-state index in [4.69, 9.17) is 0 Å². The maximum absolute atomic E-state index is 13.0. The summed E-state index contributed by atoms with van der Waals surface area (Å²) in [6.45, 7) is 5.49. The highest BCUT2D eigenvalue weighted by molar-refractivity contribution is 5.89. The number of likely N-dealkylation sites (tertiary alicyclic amines) is 1. The minimum atomic E-state index is -0.782. The third-order valence-electron chi connectivity index (χ3n) is 5.98. The van der Waals surface area contributed by atoms with Crippen LogP contribution in [0.2, 0.25) is 0 Å². The lowest BCUT2D eigenvalue weighted by Gasteiger charge is -2.29. The number of aromatic amines is 1. The Balaban J connectivity index is 1.73. The van der Waals surface area contributed by atoms with Crippen molar-refractivity contribution in [1.29, 1.82) is 0 Å². The van der Waals surface area contributed by atoms with Crippen LogP contribution in [0.3, 0.4) is 0 Å². The van der Waals surface area contributed by atoms with Crippen molar-refractivity contribution in [1.82, 2.24) is 19.8 Å². The summed E-state index contributed by atoms with van der Waals surface area (Å²) in [6.07, 6.45) is 2.55. The molecule has 168 valence electrons. The number of amides is 2. The van der Waals surface area contributed by atoms with Gasteiger partial charge in [-0.2, -0.15) is 0 Å². The lowest BCUT2D eigenvalue weighted by molar-refractivity contribution is -0.142. The fourth-order valence-corrected chi connectivity index (χ4v) is 3.75. The van der Waals surface area contributed by atoms with Gasteiger partial charge < -0.3 is 25.4 Å². The molecule has 1 aromatic carbocycles. The molecule has 0 spiro atoms. The van der Waals surface area contributed by atoms with Gasteiger partial charge in [0.2, 0.25) is 11.8 Å². The third-order valence-corrected chi connectivity index (χ3v) is 5.98. The van der Waals surface area contributed by atoms with Crippen LogP contribution < -0.4 is 11.0 Å². The van der Waals surface area contributed by atoms with Gasteiger partial charge in [0, 0.05) is 31.3 Å². The molecule has 4 atom stereocenters. The zero-order valence-electron chi connectivity index (χ0n) is 18.0. The Morgan fingerprint density at radius 1 is 1.23 bits per heavy atom. The zero-order chi connectivity index (χ0) is 22.7. The number of carbonyl (C=O) groups excluding carboxylic acids is 2. The monoisotopic (exact) mass is 430 g/mol. The quantitative estimate of drug-likeness (QED) is 0.511. The summed E-state index contributed by atoms with van der Waals surface area (Å²) in [6, 6.07) is 5.43. The SMILES string of the molecule is CC(C)C(C)C(=O)N1CC(O)CC1C(=O)NC(CO)c1ccc(-n2cc[nH]c2=O)cc1. The molecule has 1 fully saturated rings. The molecular formula is C22H30N4O5. The number of rotatable bonds is 7. The molecular weight excluding hydrogens is 400 g/mol. The highest BCUT2D eigenvalue weighted by Gasteiger charge is 2.41. The molecule has 2 heterocycles. The van der Waals surface area contributed by atoms with Gasteiger partial charge in [-0.25, -0.2) is 4.79 Å². The van der Waals surface area contributed by atoms with Crippen LogP contribution in [-0.4, -0.2) is 61.8 Å². The summed E-state index contributed by atoms with van der Waals surface area (Å²) >= 11 is 0. The van der Waals surface area contributed by atoms with Gasteiger partial charge in [0.15, 0.2) is 0 Å². The van der Waals surface area contributed by atoms with Crippen LogP contribution >= 0.6 is 0 Å². The van der Waals surface area contributed by atoms with Gasteiger partial charge in [0.1, 0.15) is 6.04 Å². The predicted octanol–water partition coefficient (Wildman–Crippen LogP) is 0.569. The molecule has 4 unspecified atom stereocenters. The highest BCUT2D eigenvalue weighted by atomic mass is 16.3. The number of aliphatic hydroxyl groups is 2. The van der Waals surface area contributed by atoms with Crippen LogP contribution in [0.5, 0.6) is 0 Å². The number of hydrogen-bond donors (Lipinski definition) is 4. The number of carbonyl (C=O) groups is 2. The van der Waals surface area contributed by atoms with Crippen LogP contribution in [0.1, 0.15) is 38.8 Å². The minimum absolute atomic E-state index is 0.116. The van der Waals surface area contributed by atoms with Crippen molar-refractivity contribution >= 4 is 11.8 Å². The third kappa shape index (κ3) is 4.88. The number of nitrogens with zero attached hydrogens (tertiary/aromatic N) is 2. The van der Waals surface area contributed by atoms with E-state index in [-0.39, 0.29) is 43.0 Å². The number of hydrogen-bond acceptors (Lipinski definition) is 5. The number of H-pyrrole nitrogens is 1. The Morgan fingerprint density at radius 2 is 1.90 bits per heavy atom.